The van der Waals surface area contributed by atoms with Crippen LogP contribution < -0.4 is 5.32 Å². The Morgan fingerprint density at radius 2 is 1.70 bits per heavy atom. The number of halogens is 1. The molecule has 0 bridgehead atoms. The Balaban J connectivity index is 0.000000166. The summed E-state index contributed by atoms with van der Waals surface area (Å²) >= 11 is 0. The van der Waals surface area contributed by atoms with Gasteiger partial charge >= 0.3 is 0 Å². The third kappa shape index (κ3) is 3.92. The Kier molecular flexibility index (Phi) is 5.41. The first-order valence-electron chi connectivity index (χ1n) is 8.70. The van der Waals surface area contributed by atoms with Crippen LogP contribution in [0.4, 0.5) is 4.39 Å². The van der Waals surface area contributed by atoms with E-state index in [1.54, 1.807) is 30.3 Å². The first-order chi connectivity index (χ1) is 13.0. The second-order valence-corrected chi connectivity index (χ2v) is 6.05. The molecule has 0 fully saturated rings. The van der Waals surface area contributed by atoms with Crippen molar-refractivity contribution in [2.24, 2.45) is 0 Å². The standard InChI is InChI=1S/C14H14FN.C8H5NO2/c1-3-5-13-10(4-2)8-11-6-7-12(15)9-14(11)16-13;10-7-5-3-1-2-4-6(5)8(11)9-7/h3,5-9H,4H2,1-2H3;1-4H,(H,9,10,11)/b5-3-;. The van der Waals surface area contributed by atoms with Crippen molar-refractivity contribution in [1.29, 1.82) is 0 Å². The number of benzene rings is 2. The second kappa shape index (κ2) is 7.91. The highest BCUT2D eigenvalue weighted by Gasteiger charge is 2.25. The number of hydrogen-bond acceptors (Lipinski definition) is 3. The van der Waals surface area contributed by atoms with E-state index in [0.29, 0.717) is 16.6 Å². The summed E-state index contributed by atoms with van der Waals surface area (Å²) in [5.74, 6) is -0.841. The highest BCUT2D eigenvalue weighted by molar-refractivity contribution is 6.21. The van der Waals surface area contributed by atoms with Crippen molar-refractivity contribution in [1.82, 2.24) is 10.3 Å². The van der Waals surface area contributed by atoms with Crippen LogP contribution in [0.5, 0.6) is 0 Å². The highest BCUT2D eigenvalue weighted by atomic mass is 19.1. The van der Waals surface area contributed by atoms with Gasteiger partial charge in [-0.15, -0.1) is 0 Å². The number of allylic oxidation sites excluding steroid dienone is 1. The summed E-state index contributed by atoms with van der Waals surface area (Å²) in [6.45, 7) is 4.05. The lowest BCUT2D eigenvalue weighted by atomic mass is 10.1. The molecule has 0 radical (unpaired) electrons. The van der Waals surface area contributed by atoms with Crippen molar-refractivity contribution >= 4 is 28.8 Å². The third-order valence-corrected chi connectivity index (χ3v) is 4.24. The Morgan fingerprint density at radius 3 is 2.30 bits per heavy atom. The van der Waals surface area contributed by atoms with Crippen LogP contribution in [-0.2, 0) is 6.42 Å². The lowest BCUT2D eigenvalue weighted by Gasteiger charge is -2.05. The van der Waals surface area contributed by atoms with Crippen LogP contribution in [0.15, 0.2) is 54.6 Å². The summed E-state index contributed by atoms with van der Waals surface area (Å²) in [6, 6.07) is 13.5. The Bertz CT molecular complexity index is 1020. The zero-order valence-corrected chi connectivity index (χ0v) is 15.1. The monoisotopic (exact) mass is 362 g/mol. The zero-order valence-electron chi connectivity index (χ0n) is 15.1. The number of aromatic nitrogens is 1. The SMILES string of the molecule is C/C=C\c1nc2cc(F)ccc2cc1CC.O=C1NC(=O)c2ccccc21. The summed E-state index contributed by atoms with van der Waals surface area (Å²) in [7, 11) is 0. The Labute approximate surface area is 156 Å². The molecule has 1 aromatic heterocycles. The van der Waals surface area contributed by atoms with Gasteiger partial charge in [-0.25, -0.2) is 9.37 Å². The Hall–Kier alpha value is -3.34. The molecule has 27 heavy (non-hydrogen) atoms. The zero-order chi connectivity index (χ0) is 19.4. The second-order valence-electron chi connectivity index (χ2n) is 6.05. The van der Waals surface area contributed by atoms with E-state index in [1.807, 2.05) is 19.1 Å². The van der Waals surface area contributed by atoms with Crippen molar-refractivity contribution in [3.05, 3.63) is 82.8 Å². The number of amides is 2. The molecule has 4 nitrogen and oxygen atoms in total. The van der Waals surface area contributed by atoms with Crippen LogP contribution in [0.1, 0.15) is 45.8 Å². The first-order valence-corrected chi connectivity index (χ1v) is 8.70. The molecule has 3 aromatic rings. The smallest absolute Gasteiger partial charge is 0.258 e. The van der Waals surface area contributed by atoms with Gasteiger partial charge in [-0.3, -0.25) is 14.9 Å². The molecule has 0 spiro atoms. The number of nitrogens with one attached hydrogen (secondary N) is 1. The van der Waals surface area contributed by atoms with Crippen LogP contribution in [0, 0.1) is 5.82 Å². The minimum absolute atomic E-state index is 0.240. The molecule has 0 saturated carbocycles. The number of nitrogens with zero attached hydrogens (tertiary/aromatic N) is 1. The predicted octanol–water partition coefficient (Wildman–Crippen LogP) is 4.54. The number of carbonyl (C=O) groups excluding carboxylic acids is 2. The number of rotatable bonds is 2. The molecule has 4 rings (SSSR count). The van der Waals surface area contributed by atoms with Gasteiger partial charge in [-0.05, 0) is 55.3 Å². The molecule has 0 aliphatic carbocycles. The van der Waals surface area contributed by atoms with Crippen LogP contribution >= 0.6 is 0 Å². The molecule has 5 heteroatoms. The number of aryl methyl sites for hydroxylation is 1. The molecular formula is C22H19FN2O2. The quantitative estimate of drug-likeness (QED) is 0.681. The maximum absolute atomic E-state index is 13.1. The van der Waals surface area contributed by atoms with Gasteiger partial charge in [0.2, 0.25) is 0 Å². The van der Waals surface area contributed by atoms with Gasteiger partial charge < -0.3 is 0 Å². The van der Waals surface area contributed by atoms with Gasteiger partial charge in [0.25, 0.3) is 11.8 Å². The molecular weight excluding hydrogens is 343 g/mol. The van der Waals surface area contributed by atoms with E-state index >= 15 is 0 Å². The van der Waals surface area contributed by atoms with Crippen molar-refractivity contribution in [3.8, 4) is 0 Å². The minimum Gasteiger partial charge on any atom is -0.288 e. The van der Waals surface area contributed by atoms with Gasteiger partial charge in [-0.2, -0.15) is 0 Å². The fraction of sp³-hybridized carbons (Fsp3) is 0.136. The first kappa shape index (κ1) is 18.5. The summed E-state index contributed by atoms with van der Waals surface area (Å²) in [5, 5.41) is 3.20. The molecule has 1 N–H and O–H groups in total. The van der Waals surface area contributed by atoms with E-state index in [4.69, 9.17) is 0 Å². The molecule has 0 saturated heterocycles. The topological polar surface area (TPSA) is 59.1 Å². The van der Waals surface area contributed by atoms with Crippen LogP contribution in [0.25, 0.3) is 17.0 Å². The van der Waals surface area contributed by atoms with E-state index < -0.39 is 0 Å². The molecule has 2 heterocycles. The predicted molar refractivity (Wildman–Crippen MR) is 104 cm³/mol. The van der Waals surface area contributed by atoms with E-state index in [-0.39, 0.29) is 17.6 Å². The third-order valence-electron chi connectivity index (χ3n) is 4.24. The number of fused-ring (bicyclic) bond motifs is 2. The average Bonchev–Trinajstić information content (AvgIpc) is 2.96. The highest BCUT2D eigenvalue weighted by Crippen LogP contribution is 2.19. The fourth-order valence-corrected chi connectivity index (χ4v) is 2.90. The summed E-state index contributed by atoms with van der Waals surface area (Å²) in [5.41, 5.74) is 3.78. The lowest BCUT2D eigenvalue weighted by Crippen LogP contribution is -2.19. The summed E-state index contributed by atoms with van der Waals surface area (Å²) in [4.78, 5) is 26.4. The number of hydrogen-bond donors (Lipinski definition) is 1. The minimum atomic E-state index is -0.300. The van der Waals surface area contributed by atoms with Gasteiger partial charge in [0.15, 0.2) is 0 Å². The fourth-order valence-electron chi connectivity index (χ4n) is 2.90. The summed E-state index contributed by atoms with van der Waals surface area (Å²) in [6.07, 6.45) is 4.84. The molecule has 1 aliphatic rings. The molecule has 1 aliphatic heterocycles. The van der Waals surface area contributed by atoms with E-state index in [9.17, 15) is 14.0 Å². The lowest BCUT2D eigenvalue weighted by molar-refractivity contribution is 0.0879. The van der Waals surface area contributed by atoms with Crippen LogP contribution in [-0.4, -0.2) is 16.8 Å². The van der Waals surface area contributed by atoms with Gasteiger partial charge in [-0.1, -0.05) is 25.1 Å². The van der Waals surface area contributed by atoms with Crippen LogP contribution in [0.3, 0.4) is 0 Å². The summed E-state index contributed by atoms with van der Waals surface area (Å²) < 4.78 is 13.1. The Morgan fingerprint density at radius 1 is 1.04 bits per heavy atom. The van der Waals surface area contributed by atoms with Gasteiger partial charge in [0.05, 0.1) is 22.3 Å². The molecule has 2 aromatic carbocycles. The number of pyridine rings is 1. The van der Waals surface area contributed by atoms with E-state index in [2.05, 4.69) is 23.3 Å². The number of imide groups is 1. The number of carbonyl (C=O) groups is 2. The van der Waals surface area contributed by atoms with Gasteiger partial charge in [0, 0.05) is 11.5 Å². The van der Waals surface area contributed by atoms with Crippen molar-refractivity contribution in [2.75, 3.05) is 0 Å². The average molecular weight is 362 g/mol. The van der Waals surface area contributed by atoms with E-state index in [0.717, 1.165) is 17.5 Å². The normalized spacial score (nSPS) is 12.7. The van der Waals surface area contributed by atoms with Crippen molar-refractivity contribution in [3.63, 3.8) is 0 Å². The maximum Gasteiger partial charge on any atom is 0.258 e. The van der Waals surface area contributed by atoms with E-state index in [1.165, 1.54) is 17.7 Å². The molecule has 2 amide bonds. The van der Waals surface area contributed by atoms with Gasteiger partial charge in [0.1, 0.15) is 5.82 Å². The molecule has 136 valence electrons. The maximum atomic E-state index is 13.1. The molecule has 0 atom stereocenters. The van der Waals surface area contributed by atoms with Crippen LogP contribution in [0.2, 0.25) is 0 Å². The van der Waals surface area contributed by atoms with Crippen molar-refractivity contribution < 1.29 is 14.0 Å². The largest absolute Gasteiger partial charge is 0.288 e. The molecule has 0 unspecified atom stereocenters. The van der Waals surface area contributed by atoms with Crippen molar-refractivity contribution in [2.45, 2.75) is 20.3 Å².